The highest BCUT2D eigenvalue weighted by Gasteiger charge is 2.09. The third-order valence-electron chi connectivity index (χ3n) is 2.61. The minimum atomic E-state index is 0.0172. The normalized spacial score (nSPS) is 10.1. The van der Waals surface area contributed by atoms with Gasteiger partial charge in [-0.05, 0) is 37.6 Å². The van der Waals surface area contributed by atoms with Crippen molar-refractivity contribution in [2.75, 3.05) is 31.6 Å². The molecule has 17 heavy (non-hydrogen) atoms. The van der Waals surface area contributed by atoms with E-state index in [0.29, 0.717) is 13.1 Å². The summed E-state index contributed by atoms with van der Waals surface area (Å²) in [5.74, 6) is 0.0172. The number of carbonyl (C=O) groups is 1. The number of amides is 1. The van der Waals surface area contributed by atoms with Crippen molar-refractivity contribution in [3.63, 3.8) is 0 Å². The minimum Gasteiger partial charge on any atom is -0.362 e. The number of carbonyl (C=O) groups excluding carboxylic acids is 1. The van der Waals surface area contributed by atoms with E-state index in [1.807, 2.05) is 25.1 Å². The number of hydrogen-bond donors (Lipinski definition) is 2. The summed E-state index contributed by atoms with van der Waals surface area (Å²) < 4.78 is 0. The van der Waals surface area contributed by atoms with E-state index >= 15 is 0 Å². The van der Waals surface area contributed by atoms with E-state index < -0.39 is 0 Å². The molecule has 0 radical (unpaired) electrons. The molecule has 0 aliphatic rings. The average molecular weight is 235 g/mol. The fourth-order valence-electron chi connectivity index (χ4n) is 1.66. The van der Waals surface area contributed by atoms with Crippen LogP contribution in [0.5, 0.6) is 0 Å². The van der Waals surface area contributed by atoms with Crippen LogP contribution in [0.1, 0.15) is 12.0 Å². The van der Waals surface area contributed by atoms with Gasteiger partial charge in [-0.2, -0.15) is 0 Å². The molecule has 0 aliphatic carbocycles. The van der Waals surface area contributed by atoms with Crippen LogP contribution in [0.15, 0.2) is 24.3 Å². The quantitative estimate of drug-likeness (QED) is 0.770. The van der Waals surface area contributed by atoms with E-state index in [-0.39, 0.29) is 5.91 Å². The first kappa shape index (κ1) is 13.5. The monoisotopic (exact) mass is 235 g/mol. The Bertz CT molecular complexity index is 365. The second kappa shape index (κ2) is 6.91. The Balaban J connectivity index is 2.77. The maximum atomic E-state index is 11.5. The van der Waals surface area contributed by atoms with Crippen molar-refractivity contribution in [2.24, 2.45) is 5.73 Å². The summed E-state index contributed by atoms with van der Waals surface area (Å²) in [4.78, 5) is 13.5. The Morgan fingerprint density at radius 2 is 2.24 bits per heavy atom. The fraction of sp³-hybridized carbons (Fsp3) is 0.462. The van der Waals surface area contributed by atoms with Gasteiger partial charge in [-0.15, -0.1) is 0 Å². The SMILES string of the molecule is CNC(=O)CN(CCCN)c1cccc(C)c1. The van der Waals surface area contributed by atoms with E-state index in [4.69, 9.17) is 5.73 Å². The summed E-state index contributed by atoms with van der Waals surface area (Å²) in [6.45, 7) is 3.86. The van der Waals surface area contributed by atoms with Crippen LogP contribution in [-0.2, 0) is 4.79 Å². The van der Waals surface area contributed by atoms with Crippen LogP contribution in [0.2, 0.25) is 0 Å². The van der Waals surface area contributed by atoms with Crippen LogP contribution in [0.4, 0.5) is 5.69 Å². The molecule has 0 fully saturated rings. The molecule has 0 bridgehead atoms. The zero-order chi connectivity index (χ0) is 12.7. The number of likely N-dealkylation sites (N-methyl/N-ethyl adjacent to an activating group) is 1. The maximum Gasteiger partial charge on any atom is 0.239 e. The Morgan fingerprint density at radius 1 is 1.47 bits per heavy atom. The topological polar surface area (TPSA) is 58.4 Å². The van der Waals surface area contributed by atoms with Gasteiger partial charge in [0, 0.05) is 19.3 Å². The van der Waals surface area contributed by atoms with Crippen LogP contribution >= 0.6 is 0 Å². The number of hydrogen-bond acceptors (Lipinski definition) is 3. The maximum absolute atomic E-state index is 11.5. The summed E-state index contributed by atoms with van der Waals surface area (Å²) in [5, 5.41) is 2.64. The van der Waals surface area contributed by atoms with E-state index in [1.165, 1.54) is 5.56 Å². The van der Waals surface area contributed by atoms with E-state index in [9.17, 15) is 4.79 Å². The van der Waals surface area contributed by atoms with Crippen LogP contribution in [0.25, 0.3) is 0 Å². The van der Waals surface area contributed by atoms with Crippen LogP contribution in [0, 0.1) is 6.92 Å². The van der Waals surface area contributed by atoms with Gasteiger partial charge in [0.25, 0.3) is 0 Å². The molecule has 0 heterocycles. The molecule has 4 heteroatoms. The van der Waals surface area contributed by atoms with Gasteiger partial charge in [0.05, 0.1) is 6.54 Å². The van der Waals surface area contributed by atoms with Gasteiger partial charge in [0.2, 0.25) is 5.91 Å². The van der Waals surface area contributed by atoms with Crippen LogP contribution < -0.4 is 16.0 Å². The summed E-state index contributed by atoms with van der Waals surface area (Å²) in [5.41, 5.74) is 7.78. The molecule has 0 aromatic heterocycles. The second-order valence-corrected chi connectivity index (χ2v) is 4.08. The Hall–Kier alpha value is -1.55. The van der Waals surface area contributed by atoms with Gasteiger partial charge < -0.3 is 16.0 Å². The highest BCUT2D eigenvalue weighted by Crippen LogP contribution is 2.15. The molecule has 1 amide bonds. The summed E-state index contributed by atoms with van der Waals surface area (Å²) >= 11 is 0. The molecule has 0 unspecified atom stereocenters. The third kappa shape index (κ3) is 4.44. The number of nitrogens with one attached hydrogen (secondary N) is 1. The lowest BCUT2D eigenvalue weighted by Crippen LogP contribution is -2.36. The van der Waals surface area contributed by atoms with Crippen molar-refractivity contribution < 1.29 is 4.79 Å². The lowest BCUT2D eigenvalue weighted by molar-refractivity contribution is -0.119. The number of aryl methyl sites for hydroxylation is 1. The first-order valence-electron chi connectivity index (χ1n) is 5.89. The second-order valence-electron chi connectivity index (χ2n) is 4.08. The van der Waals surface area contributed by atoms with Crippen molar-refractivity contribution in [3.05, 3.63) is 29.8 Å². The van der Waals surface area contributed by atoms with Gasteiger partial charge in [0.1, 0.15) is 0 Å². The fourth-order valence-corrected chi connectivity index (χ4v) is 1.66. The molecule has 3 N–H and O–H groups in total. The summed E-state index contributed by atoms with van der Waals surface area (Å²) in [6.07, 6.45) is 0.880. The standard InChI is InChI=1S/C13H21N3O/c1-11-5-3-6-12(9-11)16(8-4-7-14)10-13(17)15-2/h3,5-6,9H,4,7-8,10,14H2,1-2H3,(H,15,17). The Kier molecular flexibility index (Phi) is 5.49. The van der Waals surface area contributed by atoms with E-state index in [2.05, 4.69) is 16.3 Å². The first-order chi connectivity index (χ1) is 8.17. The summed E-state index contributed by atoms with van der Waals surface area (Å²) in [6, 6.07) is 8.15. The van der Waals surface area contributed by atoms with Gasteiger partial charge in [0.15, 0.2) is 0 Å². The lowest BCUT2D eigenvalue weighted by Gasteiger charge is -2.24. The molecule has 0 saturated heterocycles. The zero-order valence-corrected chi connectivity index (χ0v) is 10.6. The highest BCUT2D eigenvalue weighted by atomic mass is 16.1. The molecule has 0 aliphatic heterocycles. The highest BCUT2D eigenvalue weighted by molar-refractivity contribution is 5.81. The minimum absolute atomic E-state index is 0.0172. The molecule has 0 atom stereocenters. The van der Waals surface area contributed by atoms with Crippen molar-refractivity contribution >= 4 is 11.6 Å². The van der Waals surface area contributed by atoms with Crippen LogP contribution in [-0.4, -0.2) is 32.6 Å². The zero-order valence-electron chi connectivity index (χ0n) is 10.6. The number of nitrogens with zero attached hydrogens (tertiary/aromatic N) is 1. The van der Waals surface area contributed by atoms with Crippen molar-refractivity contribution in [1.29, 1.82) is 0 Å². The van der Waals surface area contributed by atoms with Gasteiger partial charge >= 0.3 is 0 Å². The molecule has 4 nitrogen and oxygen atoms in total. The van der Waals surface area contributed by atoms with Gasteiger partial charge in [-0.3, -0.25) is 4.79 Å². The lowest BCUT2D eigenvalue weighted by atomic mass is 10.2. The Labute approximate surface area is 103 Å². The summed E-state index contributed by atoms with van der Waals surface area (Å²) in [7, 11) is 1.65. The van der Waals surface area contributed by atoms with Crippen molar-refractivity contribution in [2.45, 2.75) is 13.3 Å². The Morgan fingerprint density at radius 3 is 2.82 bits per heavy atom. The van der Waals surface area contributed by atoms with E-state index in [1.54, 1.807) is 7.05 Å². The molecule has 1 aromatic rings. The predicted octanol–water partition coefficient (Wildman–Crippen LogP) is 0.896. The number of anilines is 1. The van der Waals surface area contributed by atoms with Crippen LogP contribution in [0.3, 0.4) is 0 Å². The molecular weight excluding hydrogens is 214 g/mol. The predicted molar refractivity (Wildman–Crippen MR) is 71.1 cm³/mol. The third-order valence-corrected chi connectivity index (χ3v) is 2.61. The van der Waals surface area contributed by atoms with Crippen molar-refractivity contribution in [1.82, 2.24) is 5.32 Å². The number of benzene rings is 1. The molecule has 1 aromatic carbocycles. The molecule has 0 saturated carbocycles. The number of rotatable bonds is 6. The largest absolute Gasteiger partial charge is 0.362 e. The molecule has 1 rings (SSSR count). The average Bonchev–Trinajstić information content (AvgIpc) is 2.34. The molecular formula is C13H21N3O. The van der Waals surface area contributed by atoms with E-state index in [0.717, 1.165) is 18.7 Å². The first-order valence-corrected chi connectivity index (χ1v) is 5.89. The smallest absolute Gasteiger partial charge is 0.239 e. The van der Waals surface area contributed by atoms with Crippen molar-refractivity contribution in [3.8, 4) is 0 Å². The molecule has 94 valence electrons. The van der Waals surface area contributed by atoms with Gasteiger partial charge in [-0.25, -0.2) is 0 Å². The number of nitrogens with two attached hydrogens (primary N) is 1. The van der Waals surface area contributed by atoms with Gasteiger partial charge in [-0.1, -0.05) is 12.1 Å². The molecule has 0 spiro atoms.